The van der Waals surface area contributed by atoms with Crippen molar-refractivity contribution in [1.82, 2.24) is 4.98 Å². The van der Waals surface area contributed by atoms with E-state index in [-0.39, 0.29) is 0 Å². The number of hydrogen-bond donors (Lipinski definition) is 2. The Kier molecular flexibility index (Phi) is 3.76. The van der Waals surface area contributed by atoms with Crippen LogP contribution in [0.1, 0.15) is 18.2 Å². The highest BCUT2D eigenvalue weighted by molar-refractivity contribution is 5.95. The van der Waals surface area contributed by atoms with Crippen LogP contribution in [-0.4, -0.2) is 19.2 Å². The molecule has 1 aromatic carbocycles. The smallest absolute Gasteiger partial charge is 0.162 e. The van der Waals surface area contributed by atoms with Crippen LogP contribution >= 0.6 is 0 Å². The Morgan fingerprint density at radius 2 is 1.84 bits per heavy atom. The summed E-state index contributed by atoms with van der Waals surface area (Å²) in [7, 11) is 3.22. The lowest BCUT2D eigenvalue weighted by Gasteiger charge is -2.15. The topological polar surface area (TPSA) is 69.4 Å². The van der Waals surface area contributed by atoms with Gasteiger partial charge in [-0.15, -0.1) is 0 Å². The molecule has 0 saturated carbocycles. The molecule has 0 radical (unpaired) electrons. The van der Waals surface area contributed by atoms with Gasteiger partial charge in [-0.1, -0.05) is 6.92 Å². The van der Waals surface area contributed by atoms with E-state index in [1.165, 1.54) is 0 Å². The summed E-state index contributed by atoms with van der Waals surface area (Å²) in [5.74, 6) is 6.98. The molecule has 0 unspecified atom stereocenters. The average molecular weight is 261 g/mol. The lowest BCUT2D eigenvalue weighted by Crippen LogP contribution is -2.11. The minimum atomic E-state index is 0.663. The molecule has 0 amide bonds. The number of nitrogens with zero attached hydrogens (tertiary/aromatic N) is 1. The summed E-state index contributed by atoms with van der Waals surface area (Å²) < 4.78 is 10.6. The molecular weight excluding hydrogens is 242 g/mol. The SMILES string of the molecule is CCc1nc2cc(OC)c(OC)cc2c(NN)c1C. The van der Waals surface area contributed by atoms with Gasteiger partial charge in [0.2, 0.25) is 0 Å². The van der Waals surface area contributed by atoms with E-state index in [1.54, 1.807) is 14.2 Å². The highest BCUT2D eigenvalue weighted by atomic mass is 16.5. The Morgan fingerprint density at radius 1 is 1.21 bits per heavy atom. The number of pyridine rings is 1. The number of fused-ring (bicyclic) bond motifs is 1. The maximum atomic E-state index is 5.65. The molecule has 0 bridgehead atoms. The fourth-order valence-corrected chi connectivity index (χ4v) is 2.27. The van der Waals surface area contributed by atoms with Crippen LogP contribution in [-0.2, 0) is 6.42 Å². The molecule has 0 aliphatic carbocycles. The summed E-state index contributed by atoms with van der Waals surface area (Å²) >= 11 is 0. The van der Waals surface area contributed by atoms with Crippen LogP contribution in [0.2, 0.25) is 0 Å². The summed E-state index contributed by atoms with van der Waals surface area (Å²) in [5, 5.41) is 0.926. The molecule has 0 fully saturated rings. The number of nitrogens with two attached hydrogens (primary N) is 1. The predicted octanol–water partition coefficient (Wildman–Crippen LogP) is 2.41. The first-order valence-corrected chi connectivity index (χ1v) is 6.18. The predicted molar refractivity (Wildman–Crippen MR) is 76.8 cm³/mol. The maximum Gasteiger partial charge on any atom is 0.162 e. The maximum absolute atomic E-state index is 5.65. The number of benzene rings is 1. The zero-order valence-electron chi connectivity index (χ0n) is 11.7. The zero-order chi connectivity index (χ0) is 14.0. The van der Waals surface area contributed by atoms with E-state index < -0.39 is 0 Å². The number of nitrogen functional groups attached to an aromatic ring is 1. The highest BCUT2D eigenvalue weighted by Crippen LogP contribution is 2.36. The molecule has 0 spiro atoms. The number of hydrogen-bond acceptors (Lipinski definition) is 5. The average Bonchev–Trinajstić information content (AvgIpc) is 2.45. The van der Waals surface area contributed by atoms with Gasteiger partial charge in [-0.05, 0) is 25.0 Å². The fourth-order valence-electron chi connectivity index (χ4n) is 2.27. The van der Waals surface area contributed by atoms with Crippen LogP contribution < -0.4 is 20.7 Å². The first-order valence-electron chi connectivity index (χ1n) is 6.18. The quantitative estimate of drug-likeness (QED) is 0.653. The van der Waals surface area contributed by atoms with Crippen molar-refractivity contribution in [2.75, 3.05) is 19.6 Å². The normalized spacial score (nSPS) is 10.6. The first-order chi connectivity index (χ1) is 9.15. The Balaban J connectivity index is 2.83. The van der Waals surface area contributed by atoms with Crippen molar-refractivity contribution in [1.29, 1.82) is 0 Å². The Labute approximate surface area is 112 Å². The van der Waals surface area contributed by atoms with Gasteiger partial charge in [0.05, 0.1) is 25.4 Å². The van der Waals surface area contributed by atoms with Gasteiger partial charge in [0.1, 0.15) is 0 Å². The third kappa shape index (κ3) is 2.17. The van der Waals surface area contributed by atoms with Crippen molar-refractivity contribution in [3.8, 4) is 11.5 Å². The molecular formula is C14H19N3O2. The molecule has 3 N–H and O–H groups in total. The largest absolute Gasteiger partial charge is 0.493 e. The van der Waals surface area contributed by atoms with Gasteiger partial charge in [0.15, 0.2) is 11.5 Å². The minimum Gasteiger partial charge on any atom is -0.493 e. The molecule has 102 valence electrons. The standard InChI is InChI=1S/C14H19N3O2/c1-5-10-8(2)14(17-15)9-6-12(18-3)13(19-4)7-11(9)16-10/h6-7H,5,15H2,1-4H3,(H,16,17). The number of aromatic nitrogens is 1. The second kappa shape index (κ2) is 5.32. The Hall–Kier alpha value is -2.01. The van der Waals surface area contributed by atoms with Crippen LogP contribution in [0.25, 0.3) is 10.9 Å². The molecule has 0 atom stereocenters. The number of rotatable bonds is 4. The molecule has 0 aliphatic rings. The second-order valence-corrected chi connectivity index (χ2v) is 4.28. The molecule has 1 heterocycles. The lowest BCUT2D eigenvalue weighted by atomic mass is 10.1. The van der Waals surface area contributed by atoms with Crippen LogP contribution in [0.3, 0.4) is 0 Å². The van der Waals surface area contributed by atoms with Crippen LogP contribution in [0, 0.1) is 6.92 Å². The number of hydrazine groups is 1. The molecule has 5 nitrogen and oxygen atoms in total. The van der Waals surface area contributed by atoms with Gasteiger partial charge < -0.3 is 14.9 Å². The van der Waals surface area contributed by atoms with E-state index in [2.05, 4.69) is 17.3 Å². The number of methoxy groups -OCH3 is 2. The summed E-state index contributed by atoms with van der Waals surface area (Å²) in [6, 6.07) is 3.76. The van der Waals surface area contributed by atoms with Gasteiger partial charge in [0.25, 0.3) is 0 Å². The first kappa shape index (κ1) is 13.4. The van der Waals surface area contributed by atoms with Crippen molar-refractivity contribution in [2.45, 2.75) is 20.3 Å². The van der Waals surface area contributed by atoms with Crippen molar-refractivity contribution in [2.24, 2.45) is 5.84 Å². The van der Waals surface area contributed by atoms with Crippen LogP contribution in [0.5, 0.6) is 11.5 Å². The van der Waals surface area contributed by atoms with Crippen molar-refractivity contribution in [3.05, 3.63) is 23.4 Å². The number of aryl methyl sites for hydroxylation is 1. The summed E-state index contributed by atoms with van der Waals surface area (Å²) in [6.07, 6.45) is 0.852. The van der Waals surface area contributed by atoms with Gasteiger partial charge in [0, 0.05) is 17.1 Å². The van der Waals surface area contributed by atoms with Crippen molar-refractivity contribution < 1.29 is 9.47 Å². The molecule has 0 aliphatic heterocycles. The molecule has 2 aromatic rings. The monoisotopic (exact) mass is 261 g/mol. The van der Waals surface area contributed by atoms with E-state index in [9.17, 15) is 0 Å². The van der Waals surface area contributed by atoms with Gasteiger partial charge in [-0.3, -0.25) is 10.8 Å². The lowest BCUT2D eigenvalue weighted by molar-refractivity contribution is 0.356. The number of anilines is 1. The summed E-state index contributed by atoms with van der Waals surface area (Å²) in [4.78, 5) is 4.65. The van der Waals surface area contributed by atoms with E-state index in [0.29, 0.717) is 11.5 Å². The molecule has 0 saturated heterocycles. The van der Waals surface area contributed by atoms with Crippen molar-refractivity contribution >= 4 is 16.6 Å². The number of nitrogens with one attached hydrogen (secondary N) is 1. The molecule has 1 aromatic heterocycles. The van der Waals surface area contributed by atoms with E-state index in [1.807, 2.05) is 19.1 Å². The molecule has 2 rings (SSSR count). The Bertz CT molecular complexity index is 611. The third-order valence-corrected chi connectivity index (χ3v) is 3.31. The van der Waals surface area contributed by atoms with E-state index in [0.717, 1.165) is 34.3 Å². The summed E-state index contributed by atoms with van der Waals surface area (Å²) in [6.45, 7) is 4.08. The van der Waals surface area contributed by atoms with E-state index in [4.69, 9.17) is 15.3 Å². The van der Waals surface area contributed by atoms with Gasteiger partial charge >= 0.3 is 0 Å². The van der Waals surface area contributed by atoms with Gasteiger partial charge in [-0.2, -0.15) is 0 Å². The minimum absolute atomic E-state index is 0.663. The second-order valence-electron chi connectivity index (χ2n) is 4.28. The Morgan fingerprint density at radius 3 is 2.37 bits per heavy atom. The molecule has 5 heteroatoms. The van der Waals surface area contributed by atoms with Gasteiger partial charge in [-0.25, -0.2) is 0 Å². The van der Waals surface area contributed by atoms with E-state index >= 15 is 0 Å². The molecule has 19 heavy (non-hydrogen) atoms. The van der Waals surface area contributed by atoms with Crippen molar-refractivity contribution in [3.63, 3.8) is 0 Å². The van der Waals surface area contributed by atoms with Crippen LogP contribution in [0.4, 0.5) is 5.69 Å². The summed E-state index contributed by atoms with van der Waals surface area (Å²) in [5.41, 5.74) is 6.56. The number of ether oxygens (including phenoxy) is 2. The van der Waals surface area contributed by atoms with Crippen LogP contribution in [0.15, 0.2) is 12.1 Å². The fraction of sp³-hybridized carbons (Fsp3) is 0.357. The third-order valence-electron chi connectivity index (χ3n) is 3.31. The highest BCUT2D eigenvalue weighted by Gasteiger charge is 2.14. The zero-order valence-corrected chi connectivity index (χ0v) is 11.7.